The van der Waals surface area contributed by atoms with Gasteiger partial charge in [0.05, 0.1) is 11.1 Å². The zero-order valence-electron chi connectivity index (χ0n) is 42.0. The third kappa shape index (κ3) is 5.24. The van der Waals surface area contributed by atoms with Crippen molar-refractivity contribution in [3.8, 4) is 55.6 Å². The van der Waals surface area contributed by atoms with Crippen LogP contribution in [-0.2, 0) is 16.2 Å². The number of nitrogens with zero attached hydrogens (tertiary/aromatic N) is 1. The Morgan fingerprint density at radius 3 is 1.24 bits per heavy atom. The lowest BCUT2D eigenvalue weighted by molar-refractivity contribution is 0.660. The van der Waals surface area contributed by atoms with Gasteiger partial charge < -0.3 is 4.90 Å². The summed E-state index contributed by atoms with van der Waals surface area (Å²) < 4.78 is 0. The number of fused-ring (bicyclic) bond motifs is 22. The van der Waals surface area contributed by atoms with Gasteiger partial charge >= 0.3 is 0 Å². The lowest BCUT2D eigenvalue weighted by Crippen LogP contribution is -2.26. The van der Waals surface area contributed by atoms with Crippen molar-refractivity contribution in [1.29, 1.82) is 0 Å². The highest BCUT2D eigenvalue weighted by atomic mass is 15.1. The summed E-state index contributed by atoms with van der Waals surface area (Å²) in [4.78, 5) is 2.63. The summed E-state index contributed by atoms with van der Waals surface area (Å²) in [5.74, 6) is 0. The number of anilines is 3. The first-order chi connectivity index (χ1) is 36.2. The molecule has 0 saturated heterocycles. The van der Waals surface area contributed by atoms with E-state index in [4.69, 9.17) is 0 Å². The lowest BCUT2D eigenvalue weighted by Gasteiger charge is -2.34. The van der Waals surface area contributed by atoms with Crippen LogP contribution in [0.4, 0.5) is 17.1 Å². The Hall–Kier alpha value is -8.78. The van der Waals surface area contributed by atoms with Crippen molar-refractivity contribution >= 4 is 49.4 Å². The van der Waals surface area contributed by atoms with E-state index in [0.717, 1.165) is 17.1 Å². The van der Waals surface area contributed by atoms with Gasteiger partial charge in [-0.15, -0.1) is 0 Å². The van der Waals surface area contributed by atoms with Gasteiger partial charge in [0.25, 0.3) is 0 Å². The molecule has 4 aliphatic carbocycles. The molecule has 1 heteroatoms. The molecule has 348 valence electrons. The predicted octanol–water partition coefficient (Wildman–Crippen LogP) is 19.2. The molecular weight excluding hydrogens is 891 g/mol. The van der Waals surface area contributed by atoms with Crippen molar-refractivity contribution < 1.29 is 0 Å². The fourth-order valence-electron chi connectivity index (χ4n) is 14.8. The molecule has 0 N–H and O–H groups in total. The number of hydrogen-bond acceptors (Lipinski definition) is 1. The van der Waals surface area contributed by atoms with Gasteiger partial charge in [0.15, 0.2) is 0 Å². The summed E-state index contributed by atoms with van der Waals surface area (Å²) in [7, 11) is 0. The van der Waals surface area contributed by atoms with Gasteiger partial charge in [-0.3, -0.25) is 0 Å². The third-order valence-electron chi connectivity index (χ3n) is 18.1. The van der Waals surface area contributed by atoms with Crippen molar-refractivity contribution in [2.24, 2.45) is 0 Å². The average molecular weight is 942 g/mol. The summed E-state index contributed by atoms with van der Waals surface area (Å²) in [6.07, 6.45) is 0. The van der Waals surface area contributed by atoms with E-state index in [2.05, 4.69) is 269 Å². The van der Waals surface area contributed by atoms with E-state index in [0.29, 0.717) is 0 Å². The molecule has 74 heavy (non-hydrogen) atoms. The Bertz CT molecular complexity index is 4370. The minimum atomic E-state index is -0.537. The second-order valence-corrected chi connectivity index (χ2v) is 22.3. The Labute approximate surface area is 432 Å². The SMILES string of the molecule is CC1(C)c2ccccc2-c2cc(N(c3ccc4c5ccccc5c5ccccc5c4c3)c3cc4c(cc3-c3cccc5c3-c3ccccc3C5(C)C)-c3ccccc3C43c4ccccc4-c4ccccc43)ccc21. The molecule has 0 unspecified atom stereocenters. The summed E-state index contributed by atoms with van der Waals surface area (Å²) in [5.41, 5.74) is 26.3. The highest BCUT2D eigenvalue weighted by molar-refractivity contribution is 6.26. The van der Waals surface area contributed by atoms with E-state index in [1.165, 1.54) is 132 Å². The third-order valence-corrected chi connectivity index (χ3v) is 18.1. The average Bonchev–Trinajstić information content (AvgIpc) is 4.22. The smallest absolute Gasteiger partial charge is 0.0726 e. The first-order valence-electron chi connectivity index (χ1n) is 26.3. The maximum atomic E-state index is 2.63. The van der Waals surface area contributed by atoms with Crippen LogP contribution in [0, 0.1) is 0 Å². The van der Waals surface area contributed by atoms with E-state index in [1.54, 1.807) is 0 Å². The van der Waals surface area contributed by atoms with Crippen LogP contribution < -0.4 is 4.90 Å². The van der Waals surface area contributed by atoms with Crippen LogP contribution in [0.15, 0.2) is 237 Å². The van der Waals surface area contributed by atoms with Gasteiger partial charge in [-0.25, -0.2) is 0 Å². The van der Waals surface area contributed by atoms with Gasteiger partial charge in [0, 0.05) is 27.8 Å². The molecule has 12 aromatic rings. The lowest BCUT2D eigenvalue weighted by atomic mass is 9.70. The second kappa shape index (κ2) is 14.7. The maximum absolute atomic E-state index is 2.63. The van der Waals surface area contributed by atoms with Crippen LogP contribution in [0.5, 0.6) is 0 Å². The fraction of sp³-hybridized carbons (Fsp3) is 0.0959. The van der Waals surface area contributed by atoms with Gasteiger partial charge in [0.1, 0.15) is 0 Å². The molecule has 0 aromatic heterocycles. The van der Waals surface area contributed by atoms with Crippen molar-refractivity contribution in [3.05, 3.63) is 281 Å². The van der Waals surface area contributed by atoms with Gasteiger partial charge in [-0.05, 0) is 163 Å². The van der Waals surface area contributed by atoms with E-state index in [1.807, 2.05) is 0 Å². The van der Waals surface area contributed by atoms with Gasteiger partial charge in [-0.2, -0.15) is 0 Å². The largest absolute Gasteiger partial charge is 0.310 e. The molecule has 0 bridgehead atoms. The summed E-state index contributed by atoms with van der Waals surface area (Å²) in [5, 5.41) is 7.59. The summed E-state index contributed by atoms with van der Waals surface area (Å²) >= 11 is 0. The number of rotatable bonds is 4. The summed E-state index contributed by atoms with van der Waals surface area (Å²) in [6.45, 7) is 9.57. The van der Waals surface area contributed by atoms with Crippen LogP contribution in [0.3, 0.4) is 0 Å². The molecule has 1 nitrogen and oxygen atoms in total. The van der Waals surface area contributed by atoms with E-state index < -0.39 is 5.41 Å². The molecule has 16 rings (SSSR count). The van der Waals surface area contributed by atoms with Crippen molar-refractivity contribution in [2.75, 3.05) is 4.90 Å². The van der Waals surface area contributed by atoms with Crippen LogP contribution in [0.2, 0.25) is 0 Å². The Kier molecular flexibility index (Phi) is 8.29. The Morgan fingerprint density at radius 1 is 0.243 bits per heavy atom. The van der Waals surface area contributed by atoms with Crippen LogP contribution in [0.25, 0.3) is 88.0 Å². The molecule has 0 heterocycles. The van der Waals surface area contributed by atoms with E-state index in [9.17, 15) is 0 Å². The van der Waals surface area contributed by atoms with Crippen LogP contribution in [0.1, 0.15) is 72.2 Å². The monoisotopic (exact) mass is 941 g/mol. The minimum absolute atomic E-state index is 0.136. The minimum Gasteiger partial charge on any atom is -0.310 e. The molecule has 1 spiro atoms. The van der Waals surface area contributed by atoms with Gasteiger partial charge in [-0.1, -0.05) is 228 Å². The molecule has 0 aliphatic heterocycles. The second-order valence-electron chi connectivity index (χ2n) is 22.3. The van der Waals surface area contributed by atoms with E-state index >= 15 is 0 Å². The van der Waals surface area contributed by atoms with Crippen molar-refractivity contribution in [3.63, 3.8) is 0 Å². The molecule has 0 radical (unpaired) electrons. The molecule has 0 amide bonds. The zero-order chi connectivity index (χ0) is 49.2. The van der Waals surface area contributed by atoms with Crippen LogP contribution >= 0.6 is 0 Å². The van der Waals surface area contributed by atoms with Gasteiger partial charge in [0.2, 0.25) is 0 Å². The molecule has 12 aromatic carbocycles. The predicted molar refractivity (Wildman–Crippen MR) is 311 cm³/mol. The molecule has 0 atom stereocenters. The first kappa shape index (κ1) is 41.8. The topological polar surface area (TPSA) is 3.24 Å². The standard InChI is InChI=1S/C73H51N/c1-71(2)61-30-14-9-26-53(61)58-41-45(37-39-63(58)71)74(44-36-38-50-48-22-6-5-20-46(48)47-21-7-8-23-49(47)57(50)40-44)69-43-68-59(42-60(69)55-29-19-35-67-70(55)56-28-13-15-31-62(56)72(67,3)4)54-27-12-18-34-66(54)73(68)64-32-16-10-24-51(64)52-25-11-17-33-65(52)73/h5-43H,1-4H3. The quantitative estimate of drug-likeness (QED) is 0.159. The highest BCUT2D eigenvalue weighted by Gasteiger charge is 2.52. The fourth-order valence-corrected chi connectivity index (χ4v) is 14.8. The van der Waals surface area contributed by atoms with Crippen molar-refractivity contribution in [1.82, 2.24) is 0 Å². The molecular formula is C73H51N. The molecule has 0 saturated carbocycles. The number of benzene rings is 12. The van der Waals surface area contributed by atoms with Crippen molar-refractivity contribution in [2.45, 2.75) is 43.9 Å². The highest BCUT2D eigenvalue weighted by Crippen LogP contribution is 2.65. The van der Waals surface area contributed by atoms with Crippen LogP contribution in [-0.4, -0.2) is 0 Å². The summed E-state index contributed by atoms with van der Waals surface area (Å²) in [6, 6.07) is 90.7. The zero-order valence-corrected chi connectivity index (χ0v) is 42.0. The maximum Gasteiger partial charge on any atom is 0.0726 e. The normalized spacial score (nSPS) is 15.1. The number of hydrogen-bond donors (Lipinski definition) is 0. The molecule has 4 aliphatic rings. The molecule has 0 fully saturated rings. The Balaban J connectivity index is 1.07. The van der Waals surface area contributed by atoms with E-state index in [-0.39, 0.29) is 10.8 Å². The first-order valence-corrected chi connectivity index (χ1v) is 26.3. The Morgan fingerprint density at radius 2 is 0.635 bits per heavy atom.